The lowest BCUT2D eigenvalue weighted by Gasteiger charge is -2.22. The number of carbonyl (C=O) groups excluding carboxylic acids is 1. The summed E-state index contributed by atoms with van der Waals surface area (Å²) in [5.41, 5.74) is 7.22. The molecule has 0 radical (unpaired) electrons. The maximum atomic E-state index is 13.0. The zero-order valence-corrected chi connectivity index (χ0v) is 17.0. The molecule has 3 rings (SSSR count). The number of hydrogen-bond donors (Lipinski definition) is 2. The number of pyridine rings is 1. The summed E-state index contributed by atoms with van der Waals surface area (Å²) in [5.74, 6) is 1.68. The van der Waals surface area contributed by atoms with Crippen LogP contribution in [0.3, 0.4) is 0 Å². The highest BCUT2D eigenvalue weighted by atomic mass is 35.5. The first-order valence-corrected chi connectivity index (χ1v) is 9.70. The van der Waals surface area contributed by atoms with Gasteiger partial charge in [-0.3, -0.25) is 4.79 Å². The lowest BCUT2D eigenvalue weighted by Crippen LogP contribution is -2.33. The maximum Gasteiger partial charge on any atom is 0.257 e. The first-order chi connectivity index (χ1) is 13.5. The Balaban J connectivity index is 1.72. The Bertz CT molecular complexity index is 845. The number of likely N-dealkylation sites (N-methyl/N-ethyl adjacent to an activating group) is 1. The Morgan fingerprint density at radius 2 is 2.11 bits per heavy atom. The second-order valence-corrected chi connectivity index (χ2v) is 7.22. The standard InChI is InChI=1S/C20H26ClN5O2/c1-23-8-3-11-28-15-5-4-14(17(21)12-15)13-26-10-9-25(2)19-16(20(26)27)6-7-18(22)24-19/h4-7,12,23H,3,8-11,13H2,1-2H3,(H2,22,24). The minimum atomic E-state index is -0.0738. The van der Waals surface area contributed by atoms with E-state index >= 15 is 0 Å². The molecule has 1 aromatic carbocycles. The molecule has 7 nitrogen and oxygen atoms in total. The number of amides is 1. The number of nitrogen functional groups attached to an aromatic ring is 1. The van der Waals surface area contributed by atoms with Crippen molar-refractivity contribution in [2.24, 2.45) is 0 Å². The highest BCUT2D eigenvalue weighted by Gasteiger charge is 2.26. The van der Waals surface area contributed by atoms with E-state index < -0.39 is 0 Å². The van der Waals surface area contributed by atoms with Crippen LogP contribution in [0.5, 0.6) is 5.75 Å². The van der Waals surface area contributed by atoms with E-state index in [1.165, 1.54) is 0 Å². The van der Waals surface area contributed by atoms with E-state index in [0.717, 1.165) is 24.3 Å². The van der Waals surface area contributed by atoms with Crippen molar-refractivity contribution in [1.82, 2.24) is 15.2 Å². The number of rotatable bonds is 7. The van der Waals surface area contributed by atoms with Crippen LogP contribution in [0.2, 0.25) is 5.02 Å². The summed E-state index contributed by atoms with van der Waals surface area (Å²) in [6.45, 7) is 3.19. The molecular weight excluding hydrogens is 378 g/mol. The highest BCUT2D eigenvalue weighted by Crippen LogP contribution is 2.27. The number of carbonyl (C=O) groups is 1. The molecule has 3 N–H and O–H groups in total. The topological polar surface area (TPSA) is 83.7 Å². The van der Waals surface area contributed by atoms with Gasteiger partial charge >= 0.3 is 0 Å². The summed E-state index contributed by atoms with van der Waals surface area (Å²) >= 11 is 6.46. The van der Waals surface area contributed by atoms with Gasteiger partial charge in [0.05, 0.1) is 12.2 Å². The average molecular weight is 404 g/mol. The van der Waals surface area contributed by atoms with Crippen LogP contribution in [0.15, 0.2) is 30.3 Å². The number of nitrogens with zero attached hydrogens (tertiary/aromatic N) is 3. The molecule has 150 valence electrons. The van der Waals surface area contributed by atoms with Crippen molar-refractivity contribution in [3.63, 3.8) is 0 Å². The Labute approximate surface area is 170 Å². The van der Waals surface area contributed by atoms with Crippen molar-refractivity contribution < 1.29 is 9.53 Å². The van der Waals surface area contributed by atoms with Crippen molar-refractivity contribution in [1.29, 1.82) is 0 Å². The third-order valence-electron chi connectivity index (χ3n) is 4.71. The number of halogens is 1. The number of fused-ring (bicyclic) bond motifs is 1. The molecule has 0 atom stereocenters. The van der Waals surface area contributed by atoms with Crippen LogP contribution < -0.4 is 20.7 Å². The lowest BCUT2D eigenvalue weighted by atomic mass is 10.1. The monoisotopic (exact) mass is 403 g/mol. The number of benzene rings is 1. The zero-order chi connectivity index (χ0) is 20.1. The van der Waals surface area contributed by atoms with Gasteiger partial charge in [-0.1, -0.05) is 17.7 Å². The Morgan fingerprint density at radius 1 is 1.29 bits per heavy atom. The third kappa shape index (κ3) is 4.66. The van der Waals surface area contributed by atoms with Gasteiger partial charge in [-0.25, -0.2) is 4.98 Å². The molecule has 0 saturated carbocycles. The van der Waals surface area contributed by atoms with Gasteiger partial charge in [0.2, 0.25) is 0 Å². The van der Waals surface area contributed by atoms with E-state index in [0.29, 0.717) is 48.5 Å². The number of nitrogens with two attached hydrogens (primary N) is 1. The molecule has 28 heavy (non-hydrogen) atoms. The smallest absolute Gasteiger partial charge is 0.257 e. The van der Waals surface area contributed by atoms with E-state index in [-0.39, 0.29) is 5.91 Å². The molecule has 2 aromatic rings. The summed E-state index contributed by atoms with van der Waals surface area (Å²) in [4.78, 5) is 21.1. The molecule has 1 aliphatic heterocycles. The van der Waals surface area contributed by atoms with Gasteiger partial charge in [0.1, 0.15) is 17.4 Å². The minimum Gasteiger partial charge on any atom is -0.493 e. The molecule has 0 spiro atoms. The third-order valence-corrected chi connectivity index (χ3v) is 5.06. The predicted molar refractivity (Wildman–Crippen MR) is 112 cm³/mol. The lowest BCUT2D eigenvalue weighted by molar-refractivity contribution is 0.0755. The fourth-order valence-corrected chi connectivity index (χ4v) is 3.34. The predicted octanol–water partition coefficient (Wildman–Crippen LogP) is 2.40. The summed E-state index contributed by atoms with van der Waals surface area (Å²) in [7, 11) is 3.83. The first-order valence-electron chi connectivity index (χ1n) is 9.32. The second kappa shape index (κ2) is 9.12. The number of hydrogen-bond acceptors (Lipinski definition) is 6. The maximum absolute atomic E-state index is 13.0. The summed E-state index contributed by atoms with van der Waals surface area (Å²) in [6, 6.07) is 9.01. The Morgan fingerprint density at radius 3 is 2.86 bits per heavy atom. The van der Waals surface area contributed by atoms with Crippen molar-refractivity contribution in [3.8, 4) is 5.75 Å². The number of ether oxygens (including phenoxy) is 1. The number of anilines is 2. The Kier molecular flexibility index (Phi) is 6.59. The van der Waals surface area contributed by atoms with Gasteiger partial charge < -0.3 is 25.6 Å². The second-order valence-electron chi connectivity index (χ2n) is 6.81. The molecule has 1 amide bonds. The molecule has 0 unspecified atom stereocenters. The number of aromatic nitrogens is 1. The molecule has 0 fully saturated rings. The quantitative estimate of drug-likeness (QED) is 0.690. The van der Waals surface area contributed by atoms with Gasteiger partial charge in [-0.15, -0.1) is 0 Å². The first kappa shape index (κ1) is 20.2. The summed E-state index contributed by atoms with van der Waals surface area (Å²) in [6.07, 6.45) is 0.920. The molecule has 0 bridgehead atoms. The van der Waals surface area contributed by atoms with Gasteiger partial charge in [0.15, 0.2) is 0 Å². The van der Waals surface area contributed by atoms with Gasteiger partial charge in [0.25, 0.3) is 5.91 Å². The van der Waals surface area contributed by atoms with Crippen molar-refractivity contribution in [3.05, 3.63) is 46.5 Å². The molecule has 0 aliphatic carbocycles. The van der Waals surface area contributed by atoms with Crippen LogP contribution >= 0.6 is 11.6 Å². The van der Waals surface area contributed by atoms with E-state index in [1.54, 1.807) is 23.1 Å². The van der Waals surface area contributed by atoms with Crippen LogP contribution in [-0.4, -0.2) is 56.1 Å². The van der Waals surface area contributed by atoms with Crippen LogP contribution in [0, 0.1) is 0 Å². The van der Waals surface area contributed by atoms with E-state index in [4.69, 9.17) is 22.1 Å². The molecule has 0 saturated heterocycles. The van der Waals surface area contributed by atoms with Crippen LogP contribution in [-0.2, 0) is 6.54 Å². The molecule has 1 aliphatic rings. The normalized spacial score (nSPS) is 14.0. The van der Waals surface area contributed by atoms with E-state index in [1.807, 2.05) is 31.1 Å². The molecular formula is C20H26ClN5O2. The van der Waals surface area contributed by atoms with E-state index in [9.17, 15) is 4.79 Å². The summed E-state index contributed by atoms with van der Waals surface area (Å²) < 4.78 is 5.71. The highest BCUT2D eigenvalue weighted by molar-refractivity contribution is 6.31. The van der Waals surface area contributed by atoms with Crippen molar-refractivity contribution in [2.75, 3.05) is 51.0 Å². The SMILES string of the molecule is CNCCCOc1ccc(CN2CCN(C)c3nc(N)ccc3C2=O)c(Cl)c1. The zero-order valence-electron chi connectivity index (χ0n) is 16.2. The van der Waals surface area contributed by atoms with Crippen molar-refractivity contribution >= 4 is 29.1 Å². The van der Waals surface area contributed by atoms with E-state index in [2.05, 4.69) is 10.3 Å². The molecule has 2 heterocycles. The minimum absolute atomic E-state index is 0.0738. The fourth-order valence-electron chi connectivity index (χ4n) is 3.11. The molecule has 8 heteroatoms. The Hall–Kier alpha value is -2.51. The molecule has 1 aromatic heterocycles. The summed E-state index contributed by atoms with van der Waals surface area (Å²) in [5, 5.41) is 3.67. The largest absolute Gasteiger partial charge is 0.493 e. The van der Waals surface area contributed by atoms with Crippen LogP contribution in [0.25, 0.3) is 0 Å². The van der Waals surface area contributed by atoms with Crippen molar-refractivity contribution in [2.45, 2.75) is 13.0 Å². The number of nitrogens with one attached hydrogen (secondary N) is 1. The fraction of sp³-hybridized carbons (Fsp3) is 0.400. The van der Waals surface area contributed by atoms with Crippen LogP contribution in [0.1, 0.15) is 22.3 Å². The van der Waals surface area contributed by atoms with Gasteiger partial charge in [-0.05, 0) is 49.8 Å². The van der Waals surface area contributed by atoms with Gasteiger partial charge in [0, 0.05) is 31.7 Å². The van der Waals surface area contributed by atoms with Crippen LogP contribution in [0.4, 0.5) is 11.6 Å². The van der Waals surface area contributed by atoms with Gasteiger partial charge in [-0.2, -0.15) is 0 Å². The average Bonchev–Trinajstić information content (AvgIpc) is 2.79.